The largest absolute Gasteiger partial charge is 0.468 e. The fraction of sp³-hybridized carbons (Fsp3) is 0.688. The number of ether oxygens (including phenoxy) is 1. The van der Waals surface area contributed by atoms with Gasteiger partial charge in [0.25, 0.3) is 0 Å². The predicted octanol–water partition coefficient (Wildman–Crippen LogP) is 2.06. The molecule has 1 aliphatic heterocycles. The SMILES string of the molecule is COC[C@@H](NCC(=O)N1C[C@H](C)C[C@H](C)C1)c1ccco1. The van der Waals surface area contributed by atoms with E-state index in [4.69, 9.17) is 9.15 Å². The van der Waals surface area contributed by atoms with Crippen LogP contribution in [0.25, 0.3) is 0 Å². The number of furan rings is 1. The average Bonchev–Trinajstić information content (AvgIpc) is 2.96. The molecule has 0 saturated carbocycles. The van der Waals surface area contributed by atoms with Gasteiger partial charge in [-0.15, -0.1) is 0 Å². The molecule has 1 saturated heterocycles. The third-order valence-corrected chi connectivity index (χ3v) is 3.94. The first-order valence-corrected chi connectivity index (χ1v) is 7.63. The first-order chi connectivity index (χ1) is 10.1. The van der Waals surface area contributed by atoms with Crippen LogP contribution < -0.4 is 5.32 Å². The van der Waals surface area contributed by atoms with Crippen LogP contribution >= 0.6 is 0 Å². The minimum Gasteiger partial charge on any atom is -0.468 e. The third kappa shape index (κ3) is 4.58. The van der Waals surface area contributed by atoms with Gasteiger partial charge in [0.1, 0.15) is 5.76 Å². The van der Waals surface area contributed by atoms with E-state index < -0.39 is 0 Å². The van der Waals surface area contributed by atoms with Crippen LogP contribution in [0, 0.1) is 11.8 Å². The van der Waals surface area contributed by atoms with Gasteiger partial charge in [-0.2, -0.15) is 0 Å². The van der Waals surface area contributed by atoms with Gasteiger partial charge in [0.2, 0.25) is 5.91 Å². The molecule has 118 valence electrons. The maximum Gasteiger partial charge on any atom is 0.236 e. The summed E-state index contributed by atoms with van der Waals surface area (Å²) in [5, 5.41) is 3.24. The lowest BCUT2D eigenvalue weighted by atomic mass is 9.92. The maximum absolute atomic E-state index is 12.4. The second kappa shape index (κ2) is 7.61. The number of carbonyl (C=O) groups is 1. The smallest absolute Gasteiger partial charge is 0.236 e. The van der Waals surface area contributed by atoms with Crippen LogP contribution in [0.3, 0.4) is 0 Å². The monoisotopic (exact) mass is 294 g/mol. The van der Waals surface area contributed by atoms with E-state index in [1.54, 1.807) is 13.4 Å². The normalized spacial score (nSPS) is 24.0. The average molecular weight is 294 g/mol. The highest BCUT2D eigenvalue weighted by Gasteiger charge is 2.26. The Labute approximate surface area is 126 Å². The Morgan fingerprint density at radius 1 is 1.48 bits per heavy atom. The summed E-state index contributed by atoms with van der Waals surface area (Å²) in [7, 11) is 1.65. The van der Waals surface area contributed by atoms with E-state index in [0.29, 0.717) is 25.0 Å². The summed E-state index contributed by atoms with van der Waals surface area (Å²) in [6.07, 6.45) is 2.84. The van der Waals surface area contributed by atoms with Crippen molar-refractivity contribution in [1.82, 2.24) is 10.2 Å². The number of nitrogens with one attached hydrogen (secondary N) is 1. The number of carbonyl (C=O) groups excluding carboxylic acids is 1. The minimum absolute atomic E-state index is 0.0893. The fourth-order valence-corrected chi connectivity index (χ4v) is 3.09. The molecule has 3 atom stereocenters. The molecule has 5 nitrogen and oxygen atoms in total. The van der Waals surface area contributed by atoms with Crippen molar-refractivity contribution >= 4 is 5.91 Å². The number of hydrogen-bond donors (Lipinski definition) is 1. The van der Waals surface area contributed by atoms with Gasteiger partial charge in [-0.3, -0.25) is 10.1 Å². The zero-order valence-electron chi connectivity index (χ0n) is 13.2. The molecular weight excluding hydrogens is 268 g/mol. The van der Waals surface area contributed by atoms with Gasteiger partial charge in [-0.1, -0.05) is 13.8 Å². The summed E-state index contributed by atoms with van der Waals surface area (Å²) in [5.41, 5.74) is 0. The molecule has 21 heavy (non-hydrogen) atoms. The maximum atomic E-state index is 12.4. The van der Waals surface area contributed by atoms with Crippen LogP contribution in [-0.4, -0.2) is 44.2 Å². The molecule has 1 aromatic heterocycles. The zero-order chi connectivity index (χ0) is 15.2. The van der Waals surface area contributed by atoms with E-state index in [1.165, 1.54) is 6.42 Å². The standard InChI is InChI=1S/C16H26N2O3/c1-12-7-13(2)10-18(9-12)16(19)8-17-14(11-20-3)15-5-4-6-21-15/h4-6,12-14,17H,7-11H2,1-3H3/t12-,13+,14-/m1/s1. The second-order valence-electron chi connectivity index (χ2n) is 6.15. The van der Waals surface area contributed by atoms with Crippen molar-refractivity contribution in [2.75, 3.05) is 33.4 Å². The highest BCUT2D eigenvalue weighted by molar-refractivity contribution is 5.78. The third-order valence-electron chi connectivity index (χ3n) is 3.94. The molecule has 1 fully saturated rings. The van der Waals surface area contributed by atoms with Gasteiger partial charge in [-0.05, 0) is 30.4 Å². The topological polar surface area (TPSA) is 54.7 Å². The highest BCUT2D eigenvalue weighted by Crippen LogP contribution is 2.21. The van der Waals surface area contributed by atoms with Gasteiger partial charge in [0.15, 0.2) is 0 Å². The minimum atomic E-state index is -0.0893. The van der Waals surface area contributed by atoms with Crippen LogP contribution in [0.1, 0.15) is 32.1 Å². The molecule has 0 radical (unpaired) electrons. The number of likely N-dealkylation sites (tertiary alicyclic amines) is 1. The first-order valence-electron chi connectivity index (χ1n) is 7.63. The molecule has 2 heterocycles. The number of amides is 1. The molecule has 0 unspecified atom stereocenters. The Bertz CT molecular complexity index is 423. The molecule has 0 aromatic carbocycles. The lowest BCUT2D eigenvalue weighted by Gasteiger charge is -2.35. The fourth-order valence-electron chi connectivity index (χ4n) is 3.09. The van der Waals surface area contributed by atoms with Gasteiger partial charge in [0.05, 0.1) is 25.5 Å². The van der Waals surface area contributed by atoms with E-state index in [2.05, 4.69) is 19.2 Å². The Morgan fingerprint density at radius 3 is 2.76 bits per heavy atom. The quantitative estimate of drug-likeness (QED) is 0.872. The number of hydrogen-bond acceptors (Lipinski definition) is 4. The van der Waals surface area contributed by atoms with Crippen molar-refractivity contribution in [3.8, 4) is 0 Å². The predicted molar refractivity (Wildman–Crippen MR) is 80.9 cm³/mol. The van der Waals surface area contributed by atoms with Crippen molar-refractivity contribution in [3.05, 3.63) is 24.2 Å². The molecule has 1 aromatic rings. The molecular formula is C16H26N2O3. The molecule has 0 spiro atoms. The number of methoxy groups -OCH3 is 1. The van der Waals surface area contributed by atoms with Crippen molar-refractivity contribution < 1.29 is 13.9 Å². The van der Waals surface area contributed by atoms with Crippen molar-refractivity contribution in [2.24, 2.45) is 11.8 Å². The van der Waals surface area contributed by atoms with Gasteiger partial charge >= 0.3 is 0 Å². The summed E-state index contributed by atoms with van der Waals surface area (Å²) in [6.45, 7) is 6.93. The lowest BCUT2D eigenvalue weighted by Crippen LogP contribution is -2.46. The molecule has 0 aliphatic carbocycles. The van der Waals surface area contributed by atoms with E-state index in [1.807, 2.05) is 17.0 Å². The van der Waals surface area contributed by atoms with Gasteiger partial charge < -0.3 is 14.1 Å². The number of piperidine rings is 1. The molecule has 1 aliphatic rings. The number of nitrogens with zero attached hydrogens (tertiary/aromatic N) is 1. The van der Waals surface area contributed by atoms with Crippen LogP contribution in [-0.2, 0) is 9.53 Å². The van der Waals surface area contributed by atoms with Crippen molar-refractivity contribution in [2.45, 2.75) is 26.3 Å². The van der Waals surface area contributed by atoms with Crippen LogP contribution in [0.4, 0.5) is 0 Å². The second-order valence-corrected chi connectivity index (χ2v) is 6.15. The molecule has 2 rings (SSSR count). The molecule has 0 bridgehead atoms. The Morgan fingerprint density at radius 2 is 2.19 bits per heavy atom. The van der Waals surface area contributed by atoms with Crippen molar-refractivity contribution in [1.29, 1.82) is 0 Å². The number of rotatable bonds is 6. The summed E-state index contributed by atoms with van der Waals surface area (Å²) in [4.78, 5) is 14.3. The van der Waals surface area contributed by atoms with Gasteiger partial charge in [0, 0.05) is 20.2 Å². The summed E-state index contributed by atoms with van der Waals surface area (Å²) >= 11 is 0. The molecule has 1 N–H and O–H groups in total. The molecule has 5 heteroatoms. The van der Waals surface area contributed by atoms with E-state index in [0.717, 1.165) is 18.8 Å². The van der Waals surface area contributed by atoms with E-state index in [9.17, 15) is 4.79 Å². The Kier molecular flexibility index (Phi) is 5.82. The lowest BCUT2D eigenvalue weighted by molar-refractivity contribution is -0.133. The summed E-state index contributed by atoms with van der Waals surface area (Å²) in [5.74, 6) is 2.11. The highest BCUT2D eigenvalue weighted by atomic mass is 16.5. The summed E-state index contributed by atoms with van der Waals surface area (Å²) in [6, 6.07) is 3.65. The van der Waals surface area contributed by atoms with Crippen LogP contribution in [0.15, 0.2) is 22.8 Å². The molecule has 1 amide bonds. The summed E-state index contributed by atoms with van der Waals surface area (Å²) < 4.78 is 10.6. The van der Waals surface area contributed by atoms with E-state index in [-0.39, 0.29) is 11.9 Å². The Hall–Kier alpha value is -1.33. The van der Waals surface area contributed by atoms with Gasteiger partial charge in [-0.25, -0.2) is 0 Å². The zero-order valence-corrected chi connectivity index (χ0v) is 13.2. The Balaban J connectivity index is 1.87. The first kappa shape index (κ1) is 16.0. The van der Waals surface area contributed by atoms with E-state index >= 15 is 0 Å². The van der Waals surface area contributed by atoms with Crippen LogP contribution in [0.2, 0.25) is 0 Å². The van der Waals surface area contributed by atoms with Crippen LogP contribution in [0.5, 0.6) is 0 Å². The van der Waals surface area contributed by atoms with Crippen molar-refractivity contribution in [3.63, 3.8) is 0 Å².